The van der Waals surface area contributed by atoms with E-state index < -0.39 is 11.6 Å². The van der Waals surface area contributed by atoms with Gasteiger partial charge in [-0.25, -0.2) is 0 Å². The highest BCUT2D eigenvalue weighted by molar-refractivity contribution is 6.42. The summed E-state index contributed by atoms with van der Waals surface area (Å²) < 4.78 is 5.17. The number of nitrogens with one attached hydrogen (secondary N) is 1. The fourth-order valence-electron chi connectivity index (χ4n) is 2.91. The Hall–Kier alpha value is -2.24. The number of methoxy groups -OCH3 is 1. The molecule has 0 saturated carbocycles. The lowest BCUT2D eigenvalue weighted by atomic mass is 10.1. The van der Waals surface area contributed by atoms with Crippen LogP contribution < -0.4 is 10.1 Å². The Morgan fingerprint density at radius 1 is 1.03 bits per heavy atom. The monoisotopic (exact) mass is 450 g/mol. The highest BCUT2D eigenvalue weighted by Crippen LogP contribution is 2.24. The van der Waals surface area contributed by atoms with Gasteiger partial charge in [0.2, 0.25) is 11.8 Å². The Morgan fingerprint density at radius 2 is 1.63 bits per heavy atom. The smallest absolute Gasteiger partial charge is 0.242 e. The number of carbonyl (C=O) groups is 2. The molecule has 2 amide bonds. The molecule has 1 atom stereocenters. The lowest BCUT2D eigenvalue weighted by Crippen LogP contribution is -2.52. The molecule has 2 aromatic carbocycles. The molecule has 0 bridgehead atoms. The highest BCUT2D eigenvalue weighted by atomic mass is 35.5. The number of amides is 2. The number of hydrogen-bond acceptors (Lipinski definition) is 3. The molecule has 0 aliphatic heterocycles. The zero-order valence-electron chi connectivity index (χ0n) is 18.0. The average Bonchev–Trinajstić information content (AvgIpc) is 2.67. The molecule has 0 radical (unpaired) electrons. The highest BCUT2D eigenvalue weighted by Gasteiger charge is 2.28. The van der Waals surface area contributed by atoms with Gasteiger partial charge in [0.25, 0.3) is 0 Å². The molecular weight excluding hydrogens is 423 g/mol. The number of halogens is 2. The molecule has 162 valence electrons. The number of hydrogen-bond donors (Lipinski definition) is 1. The third kappa shape index (κ3) is 6.92. The van der Waals surface area contributed by atoms with Gasteiger partial charge in [-0.05, 0) is 63.1 Å². The van der Waals surface area contributed by atoms with Crippen molar-refractivity contribution >= 4 is 35.0 Å². The van der Waals surface area contributed by atoms with Crippen molar-refractivity contribution < 1.29 is 14.3 Å². The maximum atomic E-state index is 13.2. The summed E-state index contributed by atoms with van der Waals surface area (Å²) in [5.74, 6) is 0.338. The van der Waals surface area contributed by atoms with E-state index in [1.54, 1.807) is 37.1 Å². The number of carbonyl (C=O) groups excluding carboxylic acids is 2. The minimum atomic E-state index is -0.663. The van der Waals surface area contributed by atoms with E-state index in [1.807, 2.05) is 45.0 Å². The van der Waals surface area contributed by atoms with Gasteiger partial charge in [0.15, 0.2) is 0 Å². The van der Waals surface area contributed by atoms with Gasteiger partial charge in [0.05, 0.1) is 23.6 Å². The number of nitrogens with zero attached hydrogens (tertiary/aromatic N) is 1. The van der Waals surface area contributed by atoms with Crippen LogP contribution in [0, 0.1) is 0 Å². The molecule has 0 aliphatic rings. The van der Waals surface area contributed by atoms with Gasteiger partial charge in [-0.3, -0.25) is 9.59 Å². The molecule has 2 rings (SSSR count). The molecule has 0 spiro atoms. The van der Waals surface area contributed by atoms with Crippen LogP contribution in [0.3, 0.4) is 0 Å². The van der Waals surface area contributed by atoms with Gasteiger partial charge in [0.1, 0.15) is 11.8 Å². The van der Waals surface area contributed by atoms with Crippen molar-refractivity contribution in [3.8, 4) is 5.75 Å². The van der Waals surface area contributed by atoms with E-state index in [2.05, 4.69) is 5.32 Å². The minimum absolute atomic E-state index is 0.164. The molecule has 1 N–H and O–H groups in total. The number of benzene rings is 2. The van der Waals surface area contributed by atoms with Gasteiger partial charge in [-0.1, -0.05) is 41.4 Å². The second kappa shape index (κ2) is 10.2. The summed E-state index contributed by atoms with van der Waals surface area (Å²) in [7, 11) is 1.59. The van der Waals surface area contributed by atoms with Crippen LogP contribution in [-0.2, 0) is 22.6 Å². The van der Waals surface area contributed by atoms with E-state index >= 15 is 0 Å². The van der Waals surface area contributed by atoms with Crippen LogP contribution in [0.1, 0.15) is 38.8 Å². The second-order valence-corrected chi connectivity index (χ2v) is 9.02. The lowest BCUT2D eigenvalue weighted by molar-refractivity contribution is -0.140. The molecular formula is C23H28Cl2N2O3. The maximum absolute atomic E-state index is 13.2. The van der Waals surface area contributed by atoms with Crippen LogP contribution in [0.2, 0.25) is 10.0 Å². The first-order valence-electron chi connectivity index (χ1n) is 9.68. The summed E-state index contributed by atoms with van der Waals surface area (Å²) in [5, 5.41) is 3.79. The van der Waals surface area contributed by atoms with Crippen LogP contribution >= 0.6 is 23.2 Å². The first-order chi connectivity index (χ1) is 14.0. The van der Waals surface area contributed by atoms with E-state index in [0.717, 1.165) is 16.9 Å². The number of rotatable bonds is 7. The van der Waals surface area contributed by atoms with E-state index in [0.29, 0.717) is 10.0 Å². The van der Waals surface area contributed by atoms with E-state index in [4.69, 9.17) is 27.9 Å². The minimum Gasteiger partial charge on any atom is -0.497 e. The molecule has 0 aromatic heterocycles. The molecule has 0 saturated heterocycles. The average molecular weight is 451 g/mol. The Morgan fingerprint density at radius 3 is 2.17 bits per heavy atom. The van der Waals surface area contributed by atoms with Crippen LogP contribution in [0.4, 0.5) is 0 Å². The Labute approximate surface area is 188 Å². The van der Waals surface area contributed by atoms with Crippen molar-refractivity contribution in [2.75, 3.05) is 7.11 Å². The quantitative estimate of drug-likeness (QED) is 0.653. The molecule has 30 heavy (non-hydrogen) atoms. The summed E-state index contributed by atoms with van der Waals surface area (Å²) in [4.78, 5) is 27.5. The summed E-state index contributed by atoms with van der Waals surface area (Å²) in [6.07, 6.45) is 0.165. The Balaban J connectivity index is 2.26. The molecule has 2 aromatic rings. The van der Waals surface area contributed by atoms with Gasteiger partial charge in [-0.2, -0.15) is 0 Å². The van der Waals surface area contributed by atoms with Gasteiger partial charge >= 0.3 is 0 Å². The Bertz CT molecular complexity index is 892. The fraction of sp³-hybridized carbons (Fsp3) is 0.391. The molecule has 7 heteroatoms. The molecule has 5 nitrogen and oxygen atoms in total. The van der Waals surface area contributed by atoms with E-state index in [-0.39, 0.29) is 24.8 Å². The van der Waals surface area contributed by atoms with Crippen molar-refractivity contribution in [2.24, 2.45) is 0 Å². The van der Waals surface area contributed by atoms with Gasteiger partial charge in [-0.15, -0.1) is 0 Å². The van der Waals surface area contributed by atoms with Crippen molar-refractivity contribution in [1.82, 2.24) is 10.2 Å². The third-order valence-corrected chi connectivity index (χ3v) is 5.26. The van der Waals surface area contributed by atoms with Crippen molar-refractivity contribution in [1.29, 1.82) is 0 Å². The molecule has 0 heterocycles. The molecule has 0 unspecified atom stereocenters. The zero-order valence-corrected chi connectivity index (χ0v) is 19.5. The fourth-order valence-corrected chi connectivity index (χ4v) is 3.23. The first kappa shape index (κ1) is 24.0. The van der Waals surface area contributed by atoms with Crippen LogP contribution in [0.5, 0.6) is 5.75 Å². The van der Waals surface area contributed by atoms with Crippen LogP contribution in [0.15, 0.2) is 42.5 Å². The standard InChI is InChI=1S/C23H28Cl2N2O3/c1-15(22(29)26-23(2,3)4)27(14-17-8-11-19(24)20(25)12-17)21(28)13-16-6-9-18(30-5)10-7-16/h6-12,15H,13-14H2,1-5H3,(H,26,29)/t15-/m1/s1. The molecule has 0 fully saturated rings. The summed E-state index contributed by atoms with van der Waals surface area (Å²) in [6.45, 7) is 7.68. The van der Waals surface area contributed by atoms with E-state index in [1.165, 1.54) is 0 Å². The third-order valence-electron chi connectivity index (χ3n) is 4.52. The normalized spacial score (nSPS) is 12.2. The summed E-state index contributed by atoms with van der Waals surface area (Å²) in [6, 6.07) is 11.8. The van der Waals surface area contributed by atoms with Crippen LogP contribution in [0.25, 0.3) is 0 Å². The van der Waals surface area contributed by atoms with Crippen molar-refractivity contribution in [3.05, 3.63) is 63.6 Å². The first-order valence-corrected chi connectivity index (χ1v) is 10.4. The zero-order chi connectivity index (χ0) is 22.5. The lowest BCUT2D eigenvalue weighted by Gasteiger charge is -2.31. The maximum Gasteiger partial charge on any atom is 0.242 e. The predicted molar refractivity (Wildman–Crippen MR) is 121 cm³/mol. The second-order valence-electron chi connectivity index (χ2n) is 8.21. The van der Waals surface area contributed by atoms with E-state index in [9.17, 15) is 9.59 Å². The van der Waals surface area contributed by atoms with Crippen molar-refractivity contribution in [3.63, 3.8) is 0 Å². The van der Waals surface area contributed by atoms with Crippen molar-refractivity contribution in [2.45, 2.75) is 52.2 Å². The Kier molecular flexibility index (Phi) is 8.16. The topological polar surface area (TPSA) is 58.6 Å². The number of ether oxygens (including phenoxy) is 1. The largest absolute Gasteiger partial charge is 0.497 e. The summed E-state index contributed by atoms with van der Waals surface area (Å²) >= 11 is 12.1. The summed E-state index contributed by atoms with van der Waals surface area (Å²) in [5.41, 5.74) is 1.23. The molecule has 0 aliphatic carbocycles. The van der Waals surface area contributed by atoms with Gasteiger partial charge < -0.3 is 15.0 Å². The van der Waals surface area contributed by atoms with Gasteiger partial charge in [0, 0.05) is 12.1 Å². The van der Waals surface area contributed by atoms with Crippen LogP contribution in [-0.4, -0.2) is 35.4 Å². The SMILES string of the molecule is COc1ccc(CC(=O)N(Cc2ccc(Cl)c(Cl)c2)[C@H](C)C(=O)NC(C)(C)C)cc1. The predicted octanol–water partition coefficient (Wildman–Crippen LogP) is 4.88.